The lowest BCUT2D eigenvalue weighted by Crippen LogP contribution is -2.08. The van der Waals surface area contributed by atoms with E-state index >= 15 is 0 Å². The Labute approximate surface area is 159 Å². The first-order valence-corrected chi connectivity index (χ1v) is 9.71. The van der Waals surface area contributed by atoms with Crippen molar-refractivity contribution in [1.29, 1.82) is 0 Å². The van der Waals surface area contributed by atoms with Gasteiger partial charge < -0.3 is 9.15 Å². The maximum Gasteiger partial charge on any atom is 0.339 e. The molecular formula is C21H16N2O3S. The van der Waals surface area contributed by atoms with E-state index in [2.05, 4.69) is 4.98 Å². The Hall–Kier alpha value is -2.99. The molecule has 1 aliphatic rings. The first kappa shape index (κ1) is 16.2. The molecule has 0 aliphatic heterocycles. The molecule has 0 radical (unpaired) electrons. The van der Waals surface area contributed by atoms with E-state index in [0.29, 0.717) is 22.9 Å². The quantitative estimate of drug-likeness (QED) is 0.449. The summed E-state index contributed by atoms with van der Waals surface area (Å²) in [6.07, 6.45) is 3.88. The van der Waals surface area contributed by atoms with Crippen LogP contribution in [-0.4, -0.2) is 15.9 Å². The molecule has 1 saturated carbocycles. The smallest absolute Gasteiger partial charge is 0.339 e. The van der Waals surface area contributed by atoms with Crippen molar-refractivity contribution in [3.63, 3.8) is 0 Å². The zero-order valence-corrected chi connectivity index (χ0v) is 15.2. The van der Waals surface area contributed by atoms with Gasteiger partial charge in [0.25, 0.3) is 0 Å². The predicted molar refractivity (Wildman–Crippen MR) is 103 cm³/mol. The van der Waals surface area contributed by atoms with E-state index in [-0.39, 0.29) is 12.6 Å². The Bertz CT molecular complexity index is 1110. The zero-order chi connectivity index (χ0) is 18.2. The molecule has 0 N–H and O–H groups in total. The van der Waals surface area contributed by atoms with Crippen molar-refractivity contribution in [1.82, 2.24) is 9.97 Å². The molecule has 1 fully saturated rings. The number of hydrogen-bond donors (Lipinski definition) is 0. The number of hydrogen-bond acceptors (Lipinski definition) is 6. The monoisotopic (exact) mass is 376 g/mol. The molecule has 0 atom stereocenters. The largest absolute Gasteiger partial charge is 0.462 e. The van der Waals surface area contributed by atoms with E-state index in [9.17, 15) is 4.79 Å². The van der Waals surface area contributed by atoms with Gasteiger partial charge >= 0.3 is 5.97 Å². The molecular weight excluding hydrogens is 360 g/mol. The lowest BCUT2D eigenvalue weighted by molar-refractivity contribution is 0.0470. The van der Waals surface area contributed by atoms with Crippen molar-refractivity contribution in [2.75, 3.05) is 0 Å². The van der Waals surface area contributed by atoms with Gasteiger partial charge in [-0.2, -0.15) is 0 Å². The van der Waals surface area contributed by atoms with Crippen molar-refractivity contribution < 1.29 is 13.9 Å². The average molecular weight is 376 g/mol. The number of furan rings is 1. The van der Waals surface area contributed by atoms with E-state index < -0.39 is 0 Å². The first-order valence-electron chi connectivity index (χ1n) is 8.83. The van der Waals surface area contributed by atoms with Gasteiger partial charge in [0, 0.05) is 22.4 Å². The van der Waals surface area contributed by atoms with Gasteiger partial charge in [-0.3, -0.25) is 4.98 Å². The number of nitrogens with zero attached hydrogens (tertiary/aromatic N) is 2. The Balaban J connectivity index is 1.38. The van der Waals surface area contributed by atoms with E-state index in [4.69, 9.17) is 14.1 Å². The highest BCUT2D eigenvalue weighted by molar-refractivity contribution is 7.13. The van der Waals surface area contributed by atoms with Gasteiger partial charge in [0.05, 0.1) is 23.0 Å². The molecule has 0 unspecified atom stereocenters. The number of para-hydroxylation sites is 1. The number of rotatable bonds is 5. The molecule has 6 heteroatoms. The summed E-state index contributed by atoms with van der Waals surface area (Å²) in [5.41, 5.74) is 3.10. The van der Waals surface area contributed by atoms with Crippen molar-refractivity contribution in [3.8, 4) is 10.8 Å². The van der Waals surface area contributed by atoms with Crippen LogP contribution in [0.4, 0.5) is 0 Å². The summed E-state index contributed by atoms with van der Waals surface area (Å²) in [5.74, 6) is 0.838. The summed E-state index contributed by atoms with van der Waals surface area (Å²) in [7, 11) is 0. The summed E-state index contributed by atoms with van der Waals surface area (Å²) in [6.45, 7) is 0.130. The van der Waals surface area contributed by atoms with Crippen LogP contribution >= 0.6 is 11.3 Å². The van der Waals surface area contributed by atoms with Crippen molar-refractivity contribution >= 4 is 28.2 Å². The summed E-state index contributed by atoms with van der Waals surface area (Å²) < 4.78 is 10.9. The van der Waals surface area contributed by atoms with E-state index in [1.54, 1.807) is 6.26 Å². The number of fused-ring (bicyclic) bond motifs is 1. The second kappa shape index (κ2) is 6.63. The minimum Gasteiger partial charge on any atom is -0.462 e. The number of ether oxygens (including phenoxy) is 1. The lowest BCUT2D eigenvalue weighted by atomic mass is 10.1. The fourth-order valence-electron chi connectivity index (χ4n) is 3.06. The number of carbonyl (C=O) groups excluding carboxylic acids is 1. The van der Waals surface area contributed by atoms with E-state index in [0.717, 1.165) is 34.4 Å². The van der Waals surface area contributed by atoms with Crippen LogP contribution in [0.25, 0.3) is 21.7 Å². The normalized spacial score (nSPS) is 13.8. The molecule has 134 valence electrons. The molecule has 0 saturated heterocycles. The Morgan fingerprint density at radius 1 is 1.19 bits per heavy atom. The van der Waals surface area contributed by atoms with Gasteiger partial charge in [-0.05, 0) is 37.1 Å². The van der Waals surface area contributed by atoms with Gasteiger partial charge in [-0.25, -0.2) is 9.78 Å². The molecule has 3 aromatic heterocycles. The number of carbonyl (C=O) groups is 1. The Morgan fingerprint density at radius 2 is 2.07 bits per heavy atom. The zero-order valence-electron chi connectivity index (χ0n) is 14.4. The number of aromatic nitrogens is 2. The molecule has 27 heavy (non-hydrogen) atoms. The molecule has 5 rings (SSSR count). The highest BCUT2D eigenvalue weighted by atomic mass is 32.1. The Morgan fingerprint density at radius 3 is 2.89 bits per heavy atom. The van der Waals surface area contributed by atoms with E-state index in [1.165, 1.54) is 11.3 Å². The highest BCUT2D eigenvalue weighted by Crippen LogP contribution is 2.40. The third kappa shape index (κ3) is 3.24. The summed E-state index contributed by atoms with van der Waals surface area (Å²) in [6, 6.07) is 13.3. The van der Waals surface area contributed by atoms with Gasteiger partial charge in [0.1, 0.15) is 6.61 Å². The molecule has 1 aliphatic carbocycles. The number of pyridine rings is 1. The second-order valence-electron chi connectivity index (χ2n) is 6.58. The summed E-state index contributed by atoms with van der Waals surface area (Å²) in [4.78, 5) is 21.9. The maximum atomic E-state index is 12.8. The number of benzene rings is 1. The molecule has 0 spiro atoms. The standard InChI is InChI=1S/C21H16N2O3S/c24-21(26-11-14-12-27-20(22-14)19-6-3-9-25-19)16-10-18(13-7-8-13)23-17-5-2-1-4-15(16)17/h1-6,9-10,12-13H,7-8,11H2. The maximum absolute atomic E-state index is 12.8. The second-order valence-corrected chi connectivity index (χ2v) is 7.44. The van der Waals surface area contributed by atoms with Crippen molar-refractivity contribution in [2.45, 2.75) is 25.4 Å². The topological polar surface area (TPSA) is 65.2 Å². The van der Waals surface area contributed by atoms with Crippen LogP contribution in [0.3, 0.4) is 0 Å². The van der Waals surface area contributed by atoms with Crippen LogP contribution in [0.2, 0.25) is 0 Å². The Kier molecular flexibility index (Phi) is 3.98. The fourth-order valence-corrected chi connectivity index (χ4v) is 3.83. The lowest BCUT2D eigenvalue weighted by Gasteiger charge is -2.09. The van der Waals surface area contributed by atoms with Gasteiger partial charge in [0.2, 0.25) is 0 Å². The fraction of sp³-hybridized carbons (Fsp3) is 0.190. The van der Waals surface area contributed by atoms with Crippen molar-refractivity contribution in [3.05, 3.63) is 71.1 Å². The molecule has 3 heterocycles. The highest BCUT2D eigenvalue weighted by Gasteiger charge is 2.27. The minimum absolute atomic E-state index is 0.130. The minimum atomic E-state index is -0.344. The van der Waals surface area contributed by atoms with Gasteiger partial charge in [-0.1, -0.05) is 18.2 Å². The molecule has 0 bridgehead atoms. The molecule has 1 aromatic carbocycles. The van der Waals surface area contributed by atoms with Crippen molar-refractivity contribution in [2.24, 2.45) is 0 Å². The number of esters is 1. The first-order chi connectivity index (χ1) is 13.3. The predicted octanol–water partition coefficient (Wildman–Crippen LogP) is 5.19. The summed E-state index contributed by atoms with van der Waals surface area (Å²) >= 11 is 1.47. The van der Waals surface area contributed by atoms with Crippen LogP contribution in [0.1, 0.15) is 40.5 Å². The van der Waals surface area contributed by atoms with E-state index in [1.807, 2.05) is 47.8 Å². The van der Waals surface area contributed by atoms with Crippen LogP contribution in [0.5, 0.6) is 0 Å². The van der Waals surface area contributed by atoms with Crippen LogP contribution in [-0.2, 0) is 11.3 Å². The van der Waals surface area contributed by atoms with Gasteiger partial charge in [-0.15, -0.1) is 11.3 Å². The SMILES string of the molecule is O=C(OCc1csc(-c2ccco2)n1)c1cc(C2CC2)nc2ccccc12. The third-order valence-electron chi connectivity index (χ3n) is 4.59. The van der Waals surface area contributed by atoms with Crippen LogP contribution in [0, 0.1) is 0 Å². The molecule has 5 nitrogen and oxygen atoms in total. The number of thiazole rings is 1. The third-order valence-corrected chi connectivity index (χ3v) is 5.49. The van der Waals surface area contributed by atoms with Gasteiger partial charge in [0.15, 0.2) is 10.8 Å². The van der Waals surface area contributed by atoms with Crippen LogP contribution < -0.4 is 0 Å². The average Bonchev–Trinajstić information content (AvgIpc) is 3.20. The summed E-state index contributed by atoms with van der Waals surface area (Å²) in [5, 5.41) is 3.48. The van der Waals surface area contributed by atoms with Crippen LogP contribution in [0.15, 0.2) is 58.5 Å². The molecule has 4 aromatic rings. The molecule has 0 amide bonds.